The van der Waals surface area contributed by atoms with Crippen molar-refractivity contribution in [1.82, 2.24) is 14.7 Å². The number of hydrogen-bond acceptors (Lipinski definition) is 4. The zero-order valence-electron chi connectivity index (χ0n) is 18.9. The van der Waals surface area contributed by atoms with Crippen molar-refractivity contribution in [3.8, 4) is 0 Å². The highest BCUT2D eigenvalue weighted by molar-refractivity contribution is 6.27. The highest BCUT2D eigenvalue weighted by Gasteiger charge is 2.08. The molecule has 0 unspecified atom stereocenters. The van der Waals surface area contributed by atoms with Gasteiger partial charge in [-0.2, -0.15) is 0 Å². The van der Waals surface area contributed by atoms with E-state index in [2.05, 4.69) is 56.5 Å². The van der Waals surface area contributed by atoms with Gasteiger partial charge in [0.05, 0.1) is 0 Å². The van der Waals surface area contributed by atoms with Gasteiger partial charge in [0.25, 0.3) is 0 Å². The maximum absolute atomic E-state index is 6.14. The van der Waals surface area contributed by atoms with Crippen LogP contribution in [0, 0.1) is 0 Å². The van der Waals surface area contributed by atoms with Crippen LogP contribution in [0.4, 0.5) is 0 Å². The second kappa shape index (κ2) is 18.4. The van der Waals surface area contributed by atoms with Crippen LogP contribution < -0.4 is 0 Å². The molecule has 0 spiro atoms. The summed E-state index contributed by atoms with van der Waals surface area (Å²) in [7, 11) is 4.15. The van der Waals surface area contributed by atoms with Crippen LogP contribution in [0.2, 0.25) is 6.04 Å². The van der Waals surface area contributed by atoms with Crippen LogP contribution in [0.1, 0.15) is 66.2 Å². The first-order valence-electron chi connectivity index (χ1n) is 11.3. The minimum Gasteiger partial charge on any atom is -0.421 e. The Hall–Kier alpha value is 0.0569. The fourth-order valence-corrected chi connectivity index (χ4v) is 5.06. The van der Waals surface area contributed by atoms with Gasteiger partial charge in [-0.1, -0.05) is 27.7 Å². The summed E-state index contributed by atoms with van der Waals surface area (Å²) >= 11 is 0. The standard InChI is InChI=1S/C21H49N3OSi/c1-7-13-22(5)15-11-17-24(18-12-16-23(6)14-8-2)19-20-26-25-21(9-3)10-4/h21H,7-20,26H2,1-6H3. The van der Waals surface area contributed by atoms with Gasteiger partial charge in [0.1, 0.15) is 0 Å². The summed E-state index contributed by atoms with van der Waals surface area (Å²) in [5.41, 5.74) is 0. The molecule has 0 saturated carbocycles. The predicted molar refractivity (Wildman–Crippen MR) is 120 cm³/mol. The molecule has 26 heavy (non-hydrogen) atoms. The van der Waals surface area contributed by atoms with Crippen molar-refractivity contribution in [3.63, 3.8) is 0 Å². The molecule has 0 aliphatic carbocycles. The molecule has 0 amide bonds. The molecule has 0 aromatic heterocycles. The molecule has 5 heteroatoms. The molecule has 0 saturated heterocycles. The van der Waals surface area contributed by atoms with Gasteiger partial charge in [-0.15, -0.1) is 0 Å². The van der Waals surface area contributed by atoms with Crippen LogP contribution >= 0.6 is 0 Å². The van der Waals surface area contributed by atoms with E-state index in [4.69, 9.17) is 4.43 Å². The van der Waals surface area contributed by atoms with E-state index in [0.29, 0.717) is 6.10 Å². The van der Waals surface area contributed by atoms with E-state index in [1.165, 1.54) is 90.4 Å². The van der Waals surface area contributed by atoms with Gasteiger partial charge in [-0.3, -0.25) is 0 Å². The summed E-state index contributed by atoms with van der Waals surface area (Å²) in [5.74, 6) is 0. The topological polar surface area (TPSA) is 19.0 Å². The van der Waals surface area contributed by atoms with E-state index < -0.39 is 0 Å². The summed E-state index contributed by atoms with van der Waals surface area (Å²) in [6.07, 6.45) is 7.93. The van der Waals surface area contributed by atoms with Gasteiger partial charge >= 0.3 is 0 Å². The van der Waals surface area contributed by atoms with Gasteiger partial charge in [-0.25, -0.2) is 0 Å². The molecular formula is C21H49N3OSi. The molecule has 0 radical (unpaired) electrons. The summed E-state index contributed by atoms with van der Waals surface area (Å²) in [6, 6.07) is 1.30. The summed E-state index contributed by atoms with van der Waals surface area (Å²) in [6.45, 7) is 17.6. The summed E-state index contributed by atoms with van der Waals surface area (Å²) in [4.78, 5) is 7.64. The first-order chi connectivity index (χ1) is 12.6. The van der Waals surface area contributed by atoms with Crippen molar-refractivity contribution in [3.05, 3.63) is 0 Å². The number of nitrogens with zero attached hydrogens (tertiary/aromatic N) is 3. The molecular weight excluding hydrogens is 338 g/mol. The van der Waals surface area contributed by atoms with Crippen LogP contribution in [0.5, 0.6) is 0 Å². The first-order valence-corrected chi connectivity index (χ1v) is 12.9. The second-order valence-electron chi connectivity index (χ2n) is 7.82. The van der Waals surface area contributed by atoms with Crippen LogP contribution in [-0.2, 0) is 4.43 Å². The molecule has 0 aliphatic rings. The third kappa shape index (κ3) is 15.1. The zero-order chi connectivity index (χ0) is 19.6. The quantitative estimate of drug-likeness (QED) is 0.249. The molecule has 158 valence electrons. The zero-order valence-corrected chi connectivity index (χ0v) is 20.3. The van der Waals surface area contributed by atoms with E-state index in [1.54, 1.807) is 0 Å². The molecule has 0 rings (SSSR count). The van der Waals surface area contributed by atoms with Crippen molar-refractivity contribution >= 4 is 9.76 Å². The van der Waals surface area contributed by atoms with Gasteiger partial charge in [0.2, 0.25) is 0 Å². The maximum atomic E-state index is 6.14. The smallest absolute Gasteiger partial charge is 0.163 e. The summed E-state index contributed by atoms with van der Waals surface area (Å²) < 4.78 is 6.14. The highest BCUT2D eigenvalue weighted by Crippen LogP contribution is 2.04. The van der Waals surface area contributed by atoms with E-state index in [0.717, 1.165) is 0 Å². The summed E-state index contributed by atoms with van der Waals surface area (Å²) in [5, 5.41) is 0. The average molecular weight is 388 g/mol. The lowest BCUT2D eigenvalue weighted by atomic mass is 10.2. The second-order valence-corrected chi connectivity index (χ2v) is 9.27. The van der Waals surface area contributed by atoms with Crippen molar-refractivity contribution in [2.45, 2.75) is 78.4 Å². The number of rotatable bonds is 19. The molecule has 0 aromatic carbocycles. The SMILES string of the molecule is CCCN(C)CCCN(CCCN(C)CCC)CC[SiH2]OC(CC)CC. The van der Waals surface area contributed by atoms with Crippen LogP contribution in [0.3, 0.4) is 0 Å². The molecule has 0 bridgehead atoms. The maximum Gasteiger partial charge on any atom is 0.163 e. The largest absolute Gasteiger partial charge is 0.421 e. The Labute approximate surface area is 167 Å². The van der Waals surface area contributed by atoms with E-state index in [1.807, 2.05) is 0 Å². The third-order valence-corrected chi connectivity index (χ3v) is 6.43. The third-order valence-electron chi connectivity index (χ3n) is 5.12. The Morgan fingerprint density at radius 1 is 0.692 bits per heavy atom. The molecule has 0 aliphatic heterocycles. The Balaban J connectivity index is 4.13. The van der Waals surface area contributed by atoms with Gasteiger partial charge in [0.15, 0.2) is 9.76 Å². The molecule has 4 nitrogen and oxygen atoms in total. The Morgan fingerprint density at radius 3 is 1.62 bits per heavy atom. The van der Waals surface area contributed by atoms with Crippen LogP contribution in [0.25, 0.3) is 0 Å². The van der Waals surface area contributed by atoms with Crippen molar-refractivity contribution in [1.29, 1.82) is 0 Å². The van der Waals surface area contributed by atoms with Crippen LogP contribution in [0.15, 0.2) is 0 Å². The molecule has 0 fully saturated rings. The van der Waals surface area contributed by atoms with Crippen molar-refractivity contribution < 1.29 is 4.43 Å². The van der Waals surface area contributed by atoms with Crippen molar-refractivity contribution in [2.24, 2.45) is 0 Å². The first kappa shape index (κ1) is 26.1. The average Bonchev–Trinajstić information content (AvgIpc) is 2.61. The van der Waals surface area contributed by atoms with Crippen LogP contribution in [-0.4, -0.2) is 90.5 Å². The highest BCUT2D eigenvalue weighted by atomic mass is 28.2. The minimum atomic E-state index is -0.357. The fourth-order valence-electron chi connectivity index (χ4n) is 3.51. The van der Waals surface area contributed by atoms with E-state index in [-0.39, 0.29) is 9.76 Å². The molecule has 0 heterocycles. The number of hydrogen-bond donors (Lipinski definition) is 0. The Morgan fingerprint density at radius 2 is 1.19 bits per heavy atom. The molecule has 0 N–H and O–H groups in total. The monoisotopic (exact) mass is 387 g/mol. The van der Waals surface area contributed by atoms with E-state index >= 15 is 0 Å². The van der Waals surface area contributed by atoms with Crippen molar-refractivity contribution in [2.75, 3.05) is 59.9 Å². The lowest BCUT2D eigenvalue weighted by molar-refractivity contribution is 0.196. The fraction of sp³-hybridized carbons (Fsp3) is 1.00. The molecule has 0 aromatic rings. The minimum absolute atomic E-state index is 0.357. The van der Waals surface area contributed by atoms with Gasteiger partial charge in [-0.05, 0) is 104 Å². The molecule has 0 atom stereocenters. The van der Waals surface area contributed by atoms with E-state index in [9.17, 15) is 0 Å². The van der Waals surface area contributed by atoms with Gasteiger partial charge < -0.3 is 19.1 Å². The Bertz CT molecular complexity index is 272. The predicted octanol–water partition coefficient (Wildman–Crippen LogP) is 3.46. The normalized spacial score (nSPS) is 12.7. The van der Waals surface area contributed by atoms with Gasteiger partial charge in [0, 0.05) is 6.10 Å². The Kier molecular flexibility index (Phi) is 18.5. The lowest BCUT2D eigenvalue weighted by Gasteiger charge is -2.25. The lowest BCUT2D eigenvalue weighted by Crippen LogP contribution is -2.33.